The van der Waals surface area contributed by atoms with Crippen LogP contribution < -0.4 is 10.1 Å². The van der Waals surface area contributed by atoms with Gasteiger partial charge < -0.3 is 15.2 Å². The number of hydrogen-bond acceptors (Lipinski definition) is 8. The lowest BCUT2D eigenvalue weighted by atomic mass is 10.1. The van der Waals surface area contributed by atoms with Crippen molar-refractivity contribution in [2.24, 2.45) is 0 Å². The van der Waals surface area contributed by atoms with Gasteiger partial charge in [-0.15, -0.1) is 0 Å². The van der Waals surface area contributed by atoms with E-state index < -0.39 is 16.1 Å². The van der Waals surface area contributed by atoms with Gasteiger partial charge in [0.1, 0.15) is 6.07 Å². The number of carbonyl (C=O) groups is 1. The number of carboxylic acid groups (broad SMARTS) is 1. The lowest BCUT2D eigenvalue weighted by Crippen LogP contribution is -2.33. The summed E-state index contributed by atoms with van der Waals surface area (Å²) in [5.74, 6) is 1.79. The summed E-state index contributed by atoms with van der Waals surface area (Å²) < 4.78 is 30.2. The Morgan fingerprint density at radius 2 is 2.09 bits per heavy atom. The summed E-state index contributed by atoms with van der Waals surface area (Å²) in [4.78, 5) is 18.7. The van der Waals surface area contributed by atoms with E-state index in [1.807, 2.05) is 17.4 Å². The van der Waals surface area contributed by atoms with Crippen molar-refractivity contribution in [3.63, 3.8) is 0 Å². The van der Waals surface area contributed by atoms with E-state index in [1.165, 1.54) is 14.1 Å². The Bertz CT molecular complexity index is 1330. The number of fused-ring (bicyclic) bond motifs is 1. The van der Waals surface area contributed by atoms with Crippen LogP contribution in [-0.4, -0.2) is 77.0 Å². The first kappa shape index (κ1) is 24.9. The van der Waals surface area contributed by atoms with Crippen molar-refractivity contribution < 1.29 is 23.1 Å². The average molecular weight is 488 g/mol. The van der Waals surface area contributed by atoms with Gasteiger partial charge in [-0.25, -0.2) is 27.0 Å². The summed E-state index contributed by atoms with van der Waals surface area (Å²) in [6.45, 7) is -0.0875. The number of nitrogens with one attached hydrogen (secondary N) is 1. The maximum absolute atomic E-state index is 11.0. The van der Waals surface area contributed by atoms with Gasteiger partial charge in [0.15, 0.2) is 17.2 Å². The Hall–Kier alpha value is -3.76. The Kier molecular flexibility index (Phi) is 7.64. The van der Waals surface area contributed by atoms with E-state index in [4.69, 9.17) is 15.1 Å². The molecule has 1 aliphatic rings. The van der Waals surface area contributed by atoms with Crippen LogP contribution in [0.3, 0.4) is 0 Å². The molecular formula is C21H25N7O5S. The van der Waals surface area contributed by atoms with Crippen molar-refractivity contribution >= 4 is 21.8 Å². The van der Waals surface area contributed by atoms with E-state index in [0.29, 0.717) is 22.9 Å². The molecule has 0 radical (unpaired) electrons. The highest BCUT2D eigenvalue weighted by molar-refractivity contribution is 7.89. The number of ether oxygens (including phenoxy) is 1. The van der Waals surface area contributed by atoms with Crippen molar-refractivity contribution in [2.75, 3.05) is 33.5 Å². The number of sulfonamides is 1. The zero-order chi connectivity index (χ0) is 24.9. The lowest BCUT2D eigenvalue weighted by molar-refractivity contribution is 0.195. The monoisotopic (exact) mass is 487 g/mol. The molecule has 13 heteroatoms. The molecule has 180 valence electrons. The molecule has 3 heterocycles. The molecule has 0 aliphatic heterocycles. The summed E-state index contributed by atoms with van der Waals surface area (Å²) >= 11 is 0. The number of nitrogens with zero attached hydrogens (tertiary/aromatic N) is 6. The highest BCUT2D eigenvalue weighted by Gasteiger charge is 2.29. The van der Waals surface area contributed by atoms with Gasteiger partial charge in [0, 0.05) is 44.5 Å². The third kappa shape index (κ3) is 5.97. The van der Waals surface area contributed by atoms with Gasteiger partial charge in [-0.2, -0.15) is 10.4 Å². The number of hydrogen-bond donors (Lipinski definition) is 2. The summed E-state index contributed by atoms with van der Waals surface area (Å²) in [6.07, 6.45) is 4.32. The van der Waals surface area contributed by atoms with Gasteiger partial charge in [0.2, 0.25) is 10.0 Å². The second kappa shape index (κ2) is 10.4. The van der Waals surface area contributed by atoms with Crippen LogP contribution in [0.15, 0.2) is 30.6 Å². The van der Waals surface area contributed by atoms with E-state index >= 15 is 0 Å². The van der Waals surface area contributed by atoms with Crippen LogP contribution in [0.2, 0.25) is 0 Å². The largest absolute Gasteiger partial charge is 0.493 e. The fourth-order valence-corrected chi connectivity index (χ4v) is 3.68. The summed E-state index contributed by atoms with van der Waals surface area (Å²) in [5, 5.41) is 23.8. The molecule has 1 saturated carbocycles. The fraction of sp³-hybridized carbons (Fsp3) is 0.381. The van der Waals surface area contributed by atoms with Gasteiger partial charge in [-0.1, -0.05) is 0 Å². The SMILES string of the molecule is CN(C)S(=O)(=O)CCNC(=O)O.COc1ccc(-c2cncc(C#N)c2)n2nc(C3CC3)nc12. The highest BCUT2D eigenvalue weighted by atomic mass is 32.2. The van der Waals surface area contributed by atoms with Crippen LogP contribution in [0.1, 0.15) is 30.1 Å². The third-order valence-corrected chi connectivity index (χ3v) is 6.82. The number of rotatable bonds is 7. The minimum Gasteiger partial charge on any atom is -0.493 e. The maximum atomic E-state index is 11.0. The van der Waals surface area contributed by atoms with Crippen molar-refractivity contribution in [2.45, 2.75) is 18.8 Å². The molecule has 3 aromatic heterocycles. The van der Waals surface area contributed by atoms with Crippen LogP contribution in [-0.2, 0) is 10.0 Å². The molecule has 0 unspecified atom stereocenters. The Balaban J connectivity index is 0.000000232. The first-order valence-electron chi connectivity index (χ1n) is 10.3. The maximum Gasteiger partial charge on any atom is 0.404 e. The molecule has 0 bridgehead atoms. The number of aromatic nitrogens is 4. The predicted octanol–water partition coefficient (Wildman–Crippen LogP) is 1.69. The third-order valence-electron chi connectivity index (χ3n) is 4.98. The van der Waals surface area contributed by atoms with Crippen LogP contribution >= 0.6 is 0 Å². The lowest BCUT2D eigenvalue weighted by Gasteiger charge is -2.10. The molecule has 0 atom stereocenters. The fourth-order valence-electron chi connectivity index (χ4n) is 2.96. The molecule has 4 rings (SSSR count). The predicted molar refractivity (Wildman–Crippen MR) is 123 cm³/mol. The molecule has 0 spiro atoms. The quantitative estimate of drug-likeness (QED) is 0.505. The van der Waals surface area contributed by atoms with Gasteiger partial charge in [-0.05, 0) is 31.0 Å². The zero-order valence-electron chi connectivity index (χ0n) is 19.0. The topological polar surface area (TPSA) is 163 Å². The molecule has 3 aromatic rings. The normalized spacial score (nSPS) is 13.1. The van der Waals surface area contributed by atoms with Crippen LogP contribution in [0.4, 0.5) is 4.79 Å². The minimum absolute atomic E-state index is 0.0875. The van der Waals surface area contributed by atoms with Crippen LogP contribution in [0.25, 0.3) is 16.9 Å². The number of pyridine rings is 2. The highest BCUT2D eigenvalue weighted by Crippen LogP contribution is 2.39. The smallest absolute Gasteiger partial charge is 0.404 e. The van der Waals surface area contributed by atoms with E-state index in [0.717, 1.165) is 34.2 Å². The number of methoxy groups -OCH3 is 1. The van der Waals surface area contributed by atoms with Crippen LogP contribution in [0, 0.1) is 11.3 Å². The van der Waals surface area contributed by atoms with E-state index in [9.17, 15) is 13.2 Å². The van der Waals surface area contributed by atoms with Crippen LogP contribution in [0.5, 0.6) is 5.75 Å². The van der Waals surface area contributed by atoms with Gasteiger partial charge in [0.05, 0.1) is 24.1 Å². The van der Waals surface area contributed by atoms with Crippen molar-refractivity contribution in [3.05, 3.63) is 42.0 Å². The average Bonchev–Trinajstić information content (AvgIpc) is 3.56. The standard InChI is InChI=1S/C16H13N5O.C5H12N2O4S/c1-22-14-5-4-13(12-6-10(7-17)8-18-9-12)21-16(14)19-15(20-21)11-2-3-11;1-7(2)12(10,11)4-3-6-5(8)9/h4-6,8-9,11H,2-3H2,1H3;6H,3-4H2,1-2H3,(H,8,9). The van der Waals surface area contributed by atoms with Crippen molar-refractivity contribution in [1.82, 2.24) is 29.2 Å². The Morgan fingerprint density at radius 3 is 2.68 bits per heavy atom. The van der Waals surface area contributed by atoms with Crippen molar-refractivity contribution in [3.8, 4) is 23.1 Å². The molecule has 0 saturated heterocycles. The van der Waals surface area contributed by atoms with Gasteiger partial charge in [-0.3, -0.25) is 4.98 Å². The number of amides is 1. The minimum atomic E-state index is -3.29. The van der Waals surface area contributed by atoms with E-state index in [-0.39, 0.29) is 12.3 Å². The molecule has 1 amide bonds. The van der Waals surface area contributed by atoms with Gasteiger partial charge >= 0.3 is 6.09 Å². The van der Waals surface area contributed by atoms with E-state index in [1.54, 1.807) is 30.1 Å². The Morgan fingerprint density at radius 1 is 1.35 bits per heavy atom. The second-order valence-corrected chi connectivity index (χ2v) is 9.97. The molecule has 1 aliphatic carbocycles. The summed E-state index contributed by atoms with van der Waals surface area (Å²) in [7, 11) is 1.13. The zero-order valence-corrected chi connectivity index (χ0v) is 19.8. The second-order valence-electron chi connectivity index (χ2n) is 7.67. The van der Waals surface area contributed by atoms with E-state index in [2.05, 4.69) is 21.1 Å². The summed E-state index contributed by atoms with van der Waals surface area (Å²) in [6, 6.07) is 7.69. The summed E-state index contributed by atoms with van der Waals surface area (Å²) in [5.41, 5.74) is 2.90. The molecular weight excluding hydrogens is 462 g/mol. The Labute approximate surface area is 196 Å². The van der Waals surface area contributed by atoms with Gasteiger partial charge in [0.25, 0.3) is 0 Å². The molecule has 12 nitrogen and oxygen atoms in total. The van der Waals surface area contributed by atoms with Crippen molar-refractivity contribution in [1.29, 1.82) is 5.26 Å². The molecule has 2 N–H and O–H groups in total. The first-order valence-corrected chi connectivity index (χ1v) is 11.9. The first-order chi connectivity index (χ1) is 16.2. The molecule has 34 heavy (non-hydrogen) atoms. The molecule has 0 aromatic carbocycles. The molecule has 1 fully saturated rings. The number of nitriles is 1.